The Morgan fingerprint density at radius 3 is 2.42 bits per heavy atom. The lowest BCUT2D eigenvalue weighted by Crippen LogP contribution is -2.51. The van der Waals surface area contributed by atoms with Crippen LogP contribution in [-0.4, -0.2) is 54.3 Å². The van der Waals surface area contributed by atoms with Crippen LogP contribution < -0.4 is 14.8 Å². The molecule has 2 amide bonds. The van der Waals surface area contributed by atoms with Gasteiger partial charge >= 0.3 is 6.36 Å². The number of amides is 2. The number of ether oxygens (including phenoxy) is 2. The molecule has 0 bridgehead atoms. The van der Waals surface area contributed by atoms with Crippen molar-refractivity contribution in [2.24, 2.45) is 0 Å². The minimum atomic E-state index is -4.93. The van der Waals surface area contributed by atoms with Crippen molar-refractivity contribution in [3.05, 3.63) is 89.6 Å². The van der Waals surface area contributed by atoms with Gasteiger partial charge in [-0.1, -0.05) is 42.5 Å². The van der Waals surface area contributed by atoms with Crippen molar-refractivity contribution in [3.63, 3.8) is 0 Å². The lowest BCUT2D eigenvalue weighted by atomic mass is 9.85. The zero-order chi connectivity index (χ0) is 25.7. The van der Waals surface area contributed by atoms with Crippen molar-refractivity contribution in [3.8, 4) is 11.6 Å². The first-order valence-electron chi connectivity index (χ1n) is 11.2. The second-order valence-electron chi connectivity index (χ2n) is 8.27. The number of pyridine rings is 1. The second kappa shape index (κ2) is 10.7. The normalized spacial score (nSPS) is 17.8. The fourth-order valence-corrected chi connectivity index (χ4v) is 4.27. The molecule has 7 nitrogen and oxygen atoms in total. The molecule has 0 radical (unpaired) electrons. The number of benzene rings is 2. The molecule has 0 aliphatic carbocycles. The van der Waals surface area contributed by atoms with Crippen molar-refractivity contribution in [1.82, 2.24) is 15.2 Å². The highest BCUT2D eigenvalue weighted by molar-refractivity contribution is 5.97. The van der Waals surface area contributed by atoms with Gasteiger partial charge in [0.15, 0.2) is 0 Å². The van der Waals surface area contributed by atoms with E-state index in [9.17, 15) is 22.8 Å². The summed E-state index contributed by atoms with van der Waals surface area (Å²) in [6.07, 6.45) is -3.07. The molecule has 3 aromatic rings. The molecule has 1 fully saturated rings. The molecular formula is C26H24F3N3O4. The molecule has 1 N–H and O–H groups in total. The Bertz CT molecular complexity index is 1200. The summed E-state index contributed by atoms with van der Waals surface area (Å²) in [7, 11) is 1.49. The summed E-state index contributed by atoms with van der Waals surface area (Å²) in [4.78, 5) is 32.0. The van der Waals surface area contributed by atoms with Crippen LogP contribution in [0.15, 0.2) is 72.9 Å². The predicted octanol–water partition coefficient (Wildman–Crippen LogP) is 4.42. The third-order valence-electron chi connectivity index (χ3n) is 5.99. The van der Waals surface area contributed by atoms with E-state index in [1.165, 1.54) is 31.5 Å². The molecule has 2 aromatic carbocycles. The number of nitrogens with one attached hydrogen (secondary N) is 1. The first kappa shape index (κ1) is 25.0. The Balaban J connectivity index is 1.55. The highest BCUT2D eigenvalue weighted by atomic mass is 19.4. The molecule has 0 spiro atoms. The average Bonchev–Trinajstić information content (AvgIpc) is 2.88. The molecule has 10 heteroatoms. The first-order valence-corrected chi connectivity index (χ1v) is 11.2. The monoisotopic (exact) mass is 499 g/mol. The molecule has 4 rings (SSSR count). The minimum Gasteiger partial charge on any atom is -0.481 e. The van der Waals surface area contributed by atoms with Crippen molar-refractivity contribution in [2.45, 2.75) is 24.7 Å². The summed E-state index contributed by atoms with van der Waals surface area (Å²) in [5.74, 6) is -1.35. The summed E-state index contributed by atoms with van der Waals surface area (Å²) in [5, 5.41) is 2.87. The van der Waals surface area contributed by atoms with Gasteiger partial charge in [0.2, 0.25) is 5.88 Å². The summed E-state index contributed by atoms with van der Waals surface area (Å²) in [5.41, 5.74) is 1.08. The van der Waals surface area contributed by atoms with Crippen LogP contribution in [0.2, 0.25) is 0 Å². The molecule has 1 saturated heterocycles. The number of hydrogen-bond acceptors (Lipinski definition) is 5. The zero-order valence-electron chi connectivity index (χ0n) is 19.4. The standard InChI is InChI=1S/C26H24F3N3O4/c1-35-23-12-11-18(15-30-23)25(34)32-14-13-21(20(16-32)17-7-3-2-4-8-17)31-24(33)19-9-5-6-10-22(19)36-26(27,28)29/h2-12,15,20-21H,13-14,16H2,1H3,(H,31,33)/t20-,21-/m1/s1. The summed E-state index contributed by atoms with van der Waals surface area (Å²) in [6.45, 7) is 0.653. The van der Waals surface area contributed by atoms with Gasteiger partial charge < -0.3 is 19.7 Å². The fraction of sp³-hybridized carbons (Fsp3) is 0.269. The number of para-hydroxylation sites is 1. The molecule has 0 saturated carbocycles. The Kier molecular flexibility index (Phi) is 7.42. The van der Waals surface area contributed by atoms with E-state index in [1.807, 2.05) is 30.3 Å². The van der Waals surface area contributed by atoms with Gasteiger partial charge in [-0.2, -0.15) is 0 Å². The van der Waals surface area contributed by atoms with E-state index < -0.39 is 24.1 Å². The molecular weight excluding hydrogens is 475 g/mol. The van der Waals surface area contributed by atoms with Gasteiger partial charge in [-0.3, -0.25) is 9.59 Å². The van der Waals surface area contributed by atoms with Crippen LogP contribution in [-0.2, 0) is 0 Å². The number of carbonyl (C=O) groups excluding carboxylic acids is 2. The number of hydrogen-bond donors (Lipinski definition) is 1. The van der Waals surface area contributed by atoms with E-state index in [2.05, 4.69) is 15.0 Å². The smallest absolute Gasteiger partial charge is 0.481 e. The maximum absolute atomic E-state index is 13.1. The Morgan fingerprint density at radius 1 is 1.03 bits per heavy atom. The third kappa shape index (κ3) is 5.94. The third-order valence-corrected chi connectivity index (χ3v) is 5.99. The molecule has 1 aromatic heterocycles. The van der Waals surface area contributed by atoms with Crippen molar-refractivity contribution < 1.29 is 32.2 Å². The Morgan fingerprint density at radius 2 is 1.75 bits per heavy atom. The quantitative estimate of drug-likeness (QED) is 0.543. The van der Waals surface area contributed by atoms with Crippen molar-refractivity contribution in [1.29, 1.82) is 0 Å². The van der Waals surface area contributed by atoms with Gasteiger partial charge in [-0.25, -0.2) is 4.98 Å². The van der Waals surface area contributed by atoms with Crippen LogP contribution in [0.1, 0.15) is 38.6 Å². The molecule has 2 heterocycles. The minimum absolute atomic E-state index is 0.209. The van der Waals surface area contributed by atoms with Gasteiger partial charge in [-0.05, 0) is 30.2 Å². The van der Waals surface area contributed by atoms with E-state index in [1.54, 1.807) is 17.0 Å². The summed E-state index contributed by atoms with van der Waals surface area (Å²) in [6, 6.07) is 17.4. The van der Waals surface area contributed by atoms with Gasteiger partial charge in [0.05, 0.1) is 18.2 Å². The van der Waals surface area contributed by atoms with Gasteiger partial charge in [0.25, 0.3) is 11.8 Å². The fourth-order valence-electron chi connectivity index (χ4n) is 4.27. The largest absolute Gasteiger partial charge is 0.573 e. The lowest BCUT2D eigenvalue weighted by molar-refractivity contribution is -0.274. The summed E-state index contributed by atoms with van der Waals surface area (Å²) < 4.78 is 47.6. The molecule has 188 valence electrons. The average molecular weight is 499 g/mol. The number of piperidine rings is 1. The van der Waals surface area contributed by atoms with Crippen LogP contribution in [0.25, 0.3) is 0 Å². The highest BCUT2D eigenvalue weighted by Gasteiger charge is 2.36. The number of aromatic nitrogens is 1. The van der Waals surface area contributed by atoms with Gasteiger partial charge in [0, 0.05) is 37.3 Å². The van der Waals surface area contributed by atoms with Crippen LogP contribution in [0.5, 0.6) is 11.6 Å². The number of carbonyl (C=O) groups is 2. The van der Waals surface area contributed by atoms with E-state index in [4.69, 9.17) is 4.74 Å². The molecule has 36 heavy (non-hydrogen) atoms. The van der Waals surface area contributed by atoms with Crippen LogP contribution in [0.3, 0.4) is 0 Å². The number of nitrogens with zero attached hydrogens (tertiary/aromatic N) is 2. The maximum Gasteiger partial charge on any atom is 0.573 e. The Labute approximate surface area is 205 Å². The number of methoxy groups -OCH3 is 1. The number of alkyl halides is 3. The molecule has 1 aliphatic heterocycles. The van der Waals surface area contributed by atoms with Crippen LogP contribution >= 0.6 is 0 Å². The number of rotatable bonds is 6. The van der Waals surface area contributed by atoms with E-state index in [-0.39, 0.29) is 17.4 Å². The van der Waals surface area contributed by atoms with Crippen LogP contribution in [0.4, 0.5) is 13.2 Å². The molecule has 0 unspecified atom stereocenters. The van der Waals surface area contributed by atoms with Crippen molar-refractivity contribution in [2.75, 3.05) is 20.2 Å². The maximum atomic E-state index is 13.1. The van der Waals surface area contributed by atoms with E-state index in [0.717, 1.165) is 11.6 Å². The highest BCUT2D eigenvalue weighted by Crippen LogP contribution is 2.30. The number of likely N-dealkylation sites (tertiary alicyclic amines) is 1. The summed E-state index contributed by atoms with van der Waals surface area (Å²) >= 11 is 0. The zero-order valence-corrected chi connectivity index (χ0v) is 19.4. The van der Waals surface area contributed by atoms with E-state index >= 15 is 0 Å². The number of halogens is 3. The van der Waals surface area contributed by atoms with Gasteiger partial charge in [0.1, 0.15) is 5.75 Å². The van der Waals surface area contributed by atoms with Crippen LogP contribution in [0, 0.1) is 0 Å². The Hall–Kier alpha value is -4.08. The topological polar surface area (TPSA) is 80.8 Å². The van der Waals surface area contributed by atoms with Crippen molar-refractivity contribution >= 4 is 11.8 Å². The SMILES string of the molecule is COc1ccc(C(=O)N2CC[C@@H](NC(=O)c3ccccc3OC(F)(F)F)[C@@H](c3ccccc3)C2)cn1. The molecule has 1 aliphatic rings. The van der Waals surface area contributed by atoms with E-state index in [0.29, 0.717) is 31.0 Å². The second-order valence-corrected chi connectivity index (χ2v) is 8.27. The first-order chi connectivity index (χ1) is 17.2. The lowest BCUT2D eigenvalue weighted by Gasteiger charge is -2.39. The van der Waals surface area contributed by atoms with Gasteiger partial charge in [-0.15, -0.1) is 13.2 Å². The predicted molar refractivity (Wildman–Crippen MR) is 125 cm³/mol. The molecule has 2 atom stereocenters.